The summed E-state index contributed by atoms with van der Waals surface area (Å²) in [6.45, 7) is 4.68. The quantitative estimate of drug-likeness (QED) is 0.229. The van der Waals surface area contributed by atoms with Gasteiger partial charge in [-0.1, -0.05) is 13.8 Å². The first-order valence-corrected chi connectivity index (χ1v) is 14.7. The molecule has 2 aromatic heterocycles. The zero-order valence-electron chi connectivity index (χ0n) is 24.0. The van der Waals surface area contributed by atoms with Gasteiger partial charge in [0.2, 0.25) is 5.91 Å². The van der Waals surface area contributed by atoms with Crippen LogP contribution in [-0.4, -0.2) is 73.9 Å². The molecule has 6 rings (SSSR count). The summed E-state index contributed by atoms with van der Waals surface area (Å²) in [7, 11) is 0. The predicted molar refractivity (Wildman–Crippen MR) is 156 cm³/mol. The van der Waals surface area contributed by atoms with Crippen molar-refractivity contribution in [2.24, 2.45) is 5.92 Å². The maximum absolute atomic E-state index is 14.4. The molecule has 2 aromatic carbocycles. The maximum Gasteiger partial charge on any atom is 0.405 e. The van der Waals surface area contributed by atoms with E-state index in [1.54, 1.807) is 30.9 Å². The number of likely N-dealkylation sites (tertiary alicyclic amines) is 1. The van der Waals surface area contributed by atoms with Gasteiger partial charge in [0.15, 0.2) is 5.82 Å². The molecule has 0 bridgehead atoms. The van der Waals surface area contributed by atoms with Crippen molar-refractivity contribution in [3.8, 4) is 11.5 Å². The molecule has 4 aromatic rings. The standard InChI is InChI=1S/C31H35F3N6O3/c1-16(2)27(38-31(42)43)30(41)39-9-3-4-21(39)15-40-26-8-6-18(33)12-25(26)37-29(40)28-23(13-20-10-19(34)14-35-20)22-7-5-17(32)11-24(22)36-28/h5-8,11-12,16,19-21,27,35-36,38H,3-4,9-10,13-15H2,1-2H3,(H,42,43)/t19-,20-,21?,27?/m0/s1. The molecule has 4 atom stereocenters. The van der Waals surface area contributed by atoms with Crippen LogP contribution in [0.15, 0.2) is 36.4 Å². The second kappa shape index (κ2) is 11.6. The molecule has 2 fully saturated rings. The molecule has 228 valence electrons. The SMILES string of the molecule is CC(C)C(NC(=O)O)C(=O)N1CCCC1Cn1c(-c2[nH]c3cc(F)ccc3c2C[C@@H]2C[C@H](F)CN2)nc2cc(F)ccc21. The average molecular weight is 597 g/mol. The topological polar surface area (TPSA) is 115 Å². The van der Waals surface area contributed by atoms with Gasteiger partial charge in [-0.15, -0.1) is 0 Å². The molecule has 43 heavy (non-hydrogen) atoms. The number of nitrogens with zero attached hydrogens (tertiary/aromatic N) is 3. The van der Waals surface area contributed by atoms with E-state index in [4.69, 9.17) is 4.98 Å². The second-order valence-electron chi connectivity index (χ2n) is 12.0. The van der Waals surface area contributed by atoms with Gasteiger partial charge in [0.1, 0.15) is 23.8 Å². The highest BCUT2D eigenvalue weighted by Crippen LogP contribution is 2.35. The predicted octanol–water partition coefficient (Wildman–Crippen LogP) is 4.99. The fourth-order valence-electron chi connectivity index (χ4n) is 6.63. The Hall–Kier alpha value is -4.06. The van der Waals surface area contributed by atoms with Crippen LogP contribution >= 0.6 is 0 Å². The summed E-state index contributed by atoms with van der Waals surface area (Å²) in [5, 5.41) is 15.7. The van der Waals surface area contributed by atoms with Gasteiger partial charge in [0, 0.05) is 48.7 Å². The van der Waals surface area contributed by atoms with Crippen LogP contribution in [0.4, 0.5) is 18.0 Å². The molecule has 2 saturated heterocycles. The lowest BCUT2D eigenvalue weighted by Gasteiger charge is -2.31. The second-order valence-corrected chi connectivity index (χ2v) is 12.0. The van der Waals surface area contributed by atoms with Crippen molar-refractivity contribution in [1.82, 2.24) is 30.1 Å². The normalized spacial score (nSPS) is 21.3. The molecule has 4 N–H and O–H groups in total. The number of benzene rings is 2. The average Bonchev–Trinajstić information content (AvgIpc) is 3.73. The van der Waals surface area contributed by atoms with Gasteiger partial charge >= 0.3 is 6.09 Å². The van der Waals surface area contributed by atoms with Crippen molar-refractivity contribution >= 4 is 33.9 Å². The minimum absolute atomic E-state index is 0.120. The van der Waals surface area contributed by atoms with E-state index < -0.39 is 29.9 Å². The molecule has 2 unspecified atom stereocenters. The third kappa shape index (κ3) is 5.67. The Labute approximate surface area is 246 Å². The number of imidazole rings is 1. The van der Waals surface area contributed by atoms with Crippen LogP contribution in [-0.2, 0) is 17.8 Å². The van der Waals surface area contributed by atoms with Gasteiger partial charge in [0.25, 0.3) is 0 Å². The molecule has 0 saturated carbocycles. The number of carbonyl (C=O) groups is 2. The van der Waals surface area contributed by atoms with Crippen molar-refractivity contribution in [1.29, 1.82) is 0 Å². The van der Waals surface area contributed by atoms with E-state index in [-0.39, 0.29) is 30.5 Å². The molecule has 2 aliphatic rings. The highest BCUT2D eigenvalue weighted by molar-refractivity contribution is 5.92. The van der Waals surface area contributed by atoms with Crippen molar-refractivity contribution < 1.29 is 27.9 Å². The van der Waals surface area contributed by atoms with E-state index >= 15 is 0 Å². The Bertz CT molecular complexity index is 1680. The van der Waals surface area contributed by atoms with Gasteiger partial charge in [-0.05, 0) is 67.5 Å². The number of fused-ring (bicyclic) bond motifs is 2. The van der Waals surface area contributed by atoms with E-state index in [0.29, 0.717) is 60.4 Å². The number of halogens is 3. The number of hydrogen-bond donors (Lipinski definition) is 4. The van der Waals surface area contributed by atoms with Gasteiger partial charge in [0.05, 0.1) is 16.7 Å². The van der Waals surface area contributed by atoms with E-state index in [1.165, 1.54) is 24.3 Å². The van der Waals surface area contributed by atoms with Gasteiger partial charge < -0.3 is 30.2 Å². The highest BCUT2D eigenvalue weighted by atomic mass is 19.1. The molecular formula is C31H35F3N6O3. The summed E-state index contributed by atoms with van der Waals surface area (Å²) < 4.78 is 44.7. The number of alkyl halides is 1. The molecule has 12 heteroatoms. The number of aromatic nitrogens is 3. The lowest BCUT2D eigenvalue weighted by atomic mass is 10.0. The zero-order chi connectivity index (χ0) is 30.4. The summed E-state index contributed by atoms with van der Waals surface area (Å²) >= 11 is 0. The minimum Gasteiger partial charge on any atom is -0.465 e. The third-order valence-electron chi connectivity index (χ3n) is 8.69. The number of hydrogen-bond acceptors (Lipinski definition) is 4. The first kappa shape index (κ1) is 29.0. The van der Waals surface area contributed by atoms with Crippen LogP contribution < -0.4 is 10.6 Å². The highest BCUT2D eigenvalue weighted by Gasteiger charge is 2.36. The summed E-state index contributed by atoms with van der Waals surface area (Å²) in [5.41, 5.74) is 3.14. The largest absolute Gasteiger partial charge is 0.465 e. The van der Waals surface area contributed by atoms with Crippen LogP contribution in [0.1, 0.15) is 38.7 Å². The lowest BCUT2D eigenvalue weighted by molar-refractivity contribution is -0.135. The molecule has 2 amide bonds. The van der Waals surface area contributed by atoms with Crippen LogP contribution in [0.2, 0.25) is 0 Å². The fraction of sp³-hybridized carbons (Fsp3) is 0.452. The van der Waals surface area contributed by atoms with Crippen molar-refractivity contribution in [2.45, 2.75) is 70.4 Å². The molecule has 4 heterocycles. The smallest absolute Gasteiger partial charge is 0.405 e. The van der Waals surface area contributed by atoms with E-state index in [9.17, 15) is 27.9 Å². The van der Waals surface area contributed by atoms with Gasteiger partial charge in [-0.2, -0.15) is 0 Å². The Morgan fingerprint density at radius 1 is 1.16 bits per heavy atom. The number of nitrogens with one attached hydrogen (secondary N) is 3. The van der Waals surface area contributed by atoms with E-state index in [1.807, 2.05) is 4.57 Å². The number of amides is 2. The van der Waals surface area contributed by atoms with Gasteiger partial charge in [-0.25, -0.2) is 22.9 Å². The van der Waals surface area contributed by atoms with E-state index in [2.05, 4.69) is 15.6 Å². The number of carboxylic acid groups (broad SMARTS) is 1. The number of carbonyl (C=O) groups excluding carboxylic acids is 1. The maximum atomic E-state index is 14.4. The Kier molecular flexibility index (Phi) is 7.80. The third-order valence-corrected chi connectivity index (χ3v) is 8.69. The van der Waals surface area contributed by atoms with Crippen molar-refractivity contribution in [2.75, 3.05) is 13.1 Å². The summed E-state index contributed by atoms with van der Waals surface area (Å²) in [6, 6.07) is 7.59. The van der Waals surface area contributed by atoms with Crippen LogP contribution in [0.3, 0.4) is 0 Å². The molecular weight excluding hydrogens is 561 g/mol. The first-order valence-electron chi connectivity index (χ1n) is 14.7. The summed E-state index contributed by atoms with van der Waals surface area (Å²) in [5.74, 6) is -0.874. The van der Waals surface area contributed by atoms with Gasteiger partial charge in [-0.3, -0.25) is 4.79 Å². The van der Waals surface area contributed by atoms with Crippen molar-refractivity contribution in [3.63, 3.8) is 0 Å². The Morgan fingerprint density at radius 2 is 1.93 bits per heavy atom. The molecule has 9 nitrogen and oxygen atoms in total. The number of H-pyrrole nitrogens is 1. The fourth-order valence-corrected chi connectivity index (χ4v) is 6.63. The number of rotatable bonds is 8. The van der Waals surface area contributed by atoms with E-state index in [0.717, 1.165) is 17.4 Å². The van der Waals surface area contributed by atoms with Crippen LogP contribution in [0.5, 0.6) is 0 Å². The summed E-state index contributed by atoms with van der Waals surface area (Å²) in [6.07, 6.45) is 0.0727. The molecule has 0 spiro atoms. The van der Waals surface area contributed by atoms with Crippen molar-refractivity contribution in [3.05, 3.63) is 53.6 Å². The zero-order valence-corrected chi connectivity index (χ0v) is 24.0. The summed E-state index contributed by atoms with van der Waals surface area (Å²) in [4.78, 5) is 34.9. The molecule has 0 radical (unpaired) electrons. The number of aromatic amines is 1. The van der Waals surface area contributed by atoms with Crippen LogP contribution in [0.25, 0.3) is 33.5 Å². The Morgan fingerprint density at radius 3 is 2.65 bits per heavy atom. The Balaban J connectivity index is 1.44. The van der Waals surface area contributed by atoms with Crippen LogP contribution in [0, 0.1) is 17.6 Å². The lowest BCUT2D eigenvalue weighted by Crippen LogP contribution is -2.52. The monoisotopic (exact) mass is 596 g/mol. The molecule has 2 aliphatic heterocycles. The molecule has 0 aliphatic carbocycles. The first-order chi connectivity index (χ1) is 20.6. The minimum atomic E-state index is -1.26.